The van der Waals surface area contributed by atoms with Crippen molar-refractivity contribution in [3.8, 4) is 5.75 Å². The Hall–Kier alpha value is -1.42. The standard InChI is InChI=1S/C11H13ClN2O2/c12-8-5-2-6-9(10(8)11(13)14-15)16-7-3-1-4-7/h2,5-7,15H,1,3-4H2,(H2,13,14). The van der Waals surface area contributed by atoms with Gasteiger partial charge in [0, 0.05) is 0 Å². The quantitative estimate of drug-likeness (QED) is 0.369. The molecular formula is C11H13ClN2O2. The van der Waals surface area contributed by atoms with E-state index in [-0.39, 0.29) is 11.9 Å². The van der Waals surface area contributed by atoms with Gasteiger partial charge < -0.3 is 15.7 Å². The Kier molecular flexibility index (Phi) is 3.19. The Morgan fingerprint density at radius 2 is 2.25 bits per heavy atom. The largest absolute Gasteiger partial charge is 0.490 e. The van der Waals surface area contributed by atoms with Crippen molar-refractivity contribution >= 4 is 17.4 Å². The summed E-state index contributed by atoms with van der Waals surface area (Å²) in [5, 5.41) is 12.1. The van der Waals surface area contributed by atoms with Gasteiger partial charge in [0.15, 0.2) is 5.84 Å². The van der Waals surface area contributed by atoms with E-state index < -0.39 is 0 Å². The van der Waals surface area contributed by atoms with E-state index in [0.29, 0.717) is 16.3 Å². The number of amidine groups is 1. The Morgan fingerprint density at radius 3 is 2.81 bits per heavy atom. The number of hydrogen-bond acceptors (Lipinski definition) is 3. The molecule has 1 aromatic rings. The summed E-state index contributed by atoms with van der Waals surface area (Å²) in [5.41, 5.74) is 6.02. The average Bonchev–Trinajstić information content (AvgIpc) is 2.22. The molecule has 0 spiro atoms. The predicted molar refractivity (Wildman–Crippen MR) is 62.2 cm³/mol. The Balaban J connectivity index is 2.31. The van der Waals surface area contributed by atoms with Crippen molar-refractivity contribution in [2.75, 3.05) is 0 Å². The number of ether oxygens (including phenoxy) is 1. The molecule has 1 saturated carbocycles. The molecule has 4 nitrogen and oxygen atoms in total. The van der Waals surface area contributed by atoms with E-state index in [4.69, 9.17) is 27.3 Å². The Morgan fingerprint density at radius 1 is 1.50 bits per heavy atom. The first kappa shape index (κ1) is 11.1. The van der Waals surface area contributed by atoms with Crippen LogP contribution in [0, 0.1) is 0 Å². The van der Waals surface area contributed by atoms with Gasteiger partial charge in [-0.1, -0.05) is 22.8 Å². The molecular weight excluding hydrogens is 228 g/mol. The SMILES string of the molecule is NC(=NO)c1c(Cl)cccc1OC1CCC1. The van der Waals surface area contributed by atoms with Crippen molar-refractivity contribution in [3.63, 3.8) is 0 Å². The molecule has 0 aliphatic heterocycles. The van der Waals surface area contributed by atoms with E-state index in [1.54, 1.807) is 18.2 Å². The maximum absolute atomic E-state index is 8.69. The molecule has 3 N–H and O–H groups in total. The van der Waals surface area contributed by atoms with Gasteiger partial charge in [-0.3, -0.25) is 0 Å². The van der Waals surface area contributed by atoms with Crippen LogP contribution in [0.15, 0.2) is 23.4 Å². The topological polar surface area (TPSA) is 67.8 Å². The van der Waals surface area contributed by atoms with Gasteiger partial charge in [-0.2, -0.15) is 0 Å². The van der Waals surface area contributed by atoms with Gasteiger partial charge in [0.05, 0.1) is 16.7 Å². The van der Waals surface area contributed by atoms with Gasteiger partial charge in [0.2, 0.25) is 0 Å². The molecule has 0 saturated heterocycles. The van der Waals surface area contributed by atoms with E-state index in [0.717, 1.165) is 12.8 Å². The predicted octanol–water partition coefficient (Wildman–Crippen LogP) is 2.37. The van der Waals surface area contributed by atoms with Crippen molar-refractivity contribution in [1.29, 1.82) is 0 Å². The first-order valence-corrected chi connectivity index (χ1v) is 5.53. The lowest BCUT2D eigenvalue weighted by molar-refractivity contribution is 0.120. The average molecular weight is 241 g/mol. The molecule has 0 amide bonds. The second-order valence-corrected chi connectivity index (χ2v) is 4.18. The van der Waals surface area contributed by atoms with Gasteiger partial charge in [0.25, 0.3) is 0 Å². The normalized spacial score (nSPS) is 16.9. The molecule has 2 rings (SSSR count). The summed E-state index contributed by atoms with van der Waals surface area (Å²) in [4.78, 5) is 0. The molecule has 0 unspecified atom stereocenters. The van der Waals surface area contributed by atoms with Crippen LogP contribution < -0.4 is 10.5 Å². The van der Waals surface area contributed by atoms with Crippen LogP contribution in [0.25, 0.3) is 0 Å². The molecule has 5 heteroatoms. The summed E-state index contributed by atoms with van der Waals surface area (Å²) in [6.07, 6.45) is 3.50. The van der Waals surface area contributed by atoms with Gasteiger partial charge in [-0.25, -0.2) is 0 Å². The minimum absolute atomic E-state index is 0.0278. The third-order valence-electron chi connectivity index (χ3n) is 2.69. The lowest BCUT2D eigenvalue weighted by atomic mass is 9.96. The number of nitrogens with zero attached hydrogens (tertiary/aromatic N) is 1. The highest BCUT2D eigenvalue weighted by molar-refractivity contribution is 6.34. The van der Waals surface area contributed by atoms with Crippen molar-refractivity contribution in [3.05, 3.63) is 28.8 Å². The van der Waals surface area contributed by atoms with Crippen LogP contribution in [-0.4, -0.2) is 17.1 Å². The van der Waals surface area contributed by atoms with E-state index >= 15 is 0 Å². The lowest BCUT2D eigenvalue weighted by Gasteiger charge is -2.27. The van der Waals surface area contributed by atoms with E-state index in [2.05, 4.69) is 5.16 Å². The molecule has 0 bridgehead atoms. The van der Waals surface area contributed by atoms with Crippen LogP contribution >= 0.6 is 11.6 Å². The highest BCUT2D eigenvalue weighted by atomic mass is 35.5. The second-order valence-electron chi connectivity index (χ2n) is 3.77. The van der Waals surface area contributed by atoms with Crippen LogP contribution in [0.4, 0.5) is 0 Å². The van der Waals surface area contributed by atoms with Crippen LogP contribution in [0.3, 0.4) is 0 Å². The highest BCUT2D eigenvalue weighted by Gasteiger charge is 2.22. The summed E-state index contributed by atoms with van der Waals surface area (Å²) >= 11 is 6.00. The number of nitrogens with two attached hydrogens (primary N) is 1. The van der Waals surface area contributed by atoms with Crippen LogP contribution in [0.5, 0.6) is 5.75 Å². The smallest absolute Gasteiger partial charge is 0.175 e. The molecule has 86 valence electrons. The van der Waals surface area contributed by atoms with Gasteiger partial charge >= 0.3 is 0 Å². The molecule has 1 fully saturated rings. The molecule has 0 atom stereocenters. The van der Waals surface area contributed by atoms with E-state index in [1.165, 1.54) is 6.42 Å². The molecule has 1 aliphatic carbocycles. The minimum Gasteiger partial charge on any atom is -0.490 e. The lowest BCUT2D eigenvalue weighted by Crippen LogP contribution is -2.26. The van der Waals surface area contributed by atoms with Crippen LogP contribution in [0.2, 0.25) is 5.02 Å². The van der Waals surface area contributed by atoms with Crippen LogP contribution in [0.1, 0.15) is 24.8 Å². The van der Waals surface area contributed by atoms with E-state index in [9.17, 15) is 0 Å². The summed E-state index contributed by atoms with van der Waals surface area (Å²) in [7, 11) is 0. The Labute approximate surface area is 98.7 Å². The fourth-order valence-corrected chi connectivity index (χ4v) is 1.83. The second kappa shape index (κ2) is 4.61. The maximum atomic E-state index is 8.69. The fourth-order valence-electron chi connectivity index (χ4n) is 1.57. The first-order valence-electron chi connectivity index (χ1n) is 5.15. The van der Waals surface area contributed by atoms with Gasteiger partial charge in [0.1, 0.15) is 5.75 Å². The van der Waals surface area contributed by atoms with Crippen molar-refractivity contribution in [1.82, 2.24) is 0 Å². The number of oxime groups is 1. The van der Waals surface area contributed by atoms with Gasteiger partial charge in [-0.05, 0) is 31.4 Å². The third kappa shape index (κ3) is 2.07. The monoisotopic (exact) mass is 240 g/mol. The third-order valence-corrected chi connectivity index (χ3v) is 3.00. The molecule has 1 aliphatic rings. The van der Waals surface area contributed by atoms with Crippen LogP contribution in [-0.2, 0) is 0 Å². The fraction of sp³-hybridized carbons (Fsp3) is 0.364. The number of hydrogen-bond donors (Lipinski definition) is 2. The molecule has 0 aromatic heterocycles. The molecule has 1 aromatic carbocycles. The zero-order valence-corrected chi connectivity index (χ0v) is 9.44. The summed E-state index contributed by atoms with van der Waals surface area (Å²) in [6, 6.07) is 5.24. The minimum atomic E-state index is -0.0278. The Bertz CT molecular complexity index is 416. The zero-order chi connectivity index (χ0) is 11.5. The highest BCUT2D eigenvalue weighted by Crippen LogP contribution is 2.31. The summed E-state index contributed by atoms with van der Waals surface area (Å²) < 4.78 is 5.73. The summed E-state index contributed by atoms with van der Waals surface area (Å²) in [5.74, 6) is 0.549. The maximum Gasteiger partial charge on any atom is 0.175 e. The zero-order valence-electron chi connectivity index (χ0n) is 8.69. The van der Waals surface area contributed by atoms with Crippen molar-refractivity contribution < 1.29 is 9.94 Å². The first-order chi connectivity index (χ1) is 7.72. The summed E-state index contributed by atoms with van der Waals surface area (Å²) in [6.45, 7) is 0. The number of halogens is 1. The van der Waals surface area contributed by atoms with Crippen molar-refractivity contribution in [2.24, 2.45) is 10.9 Å². The van der Waals surface area contributed by atoms with Gasteiger partial charge in [-0.15, -0.1) is 0 Å². The van der Waals surface area contributed by atoms with E-state index in [1.807, 2.05) is 0 Å². The molecule has 0 heterocycles. The van der Waals surface area contributed by atoms with Crippen molar-refractivity contribution in [2.45, 2.75) is 25.4 Å². The number of benzene rings is 1. The molecule has 16 heavy (non-hydrogen) atoms. The number of rotatable bonds is 3. The molecule has 0 radical (unpaired) electrons.